The highest BCUT2D eigenvalue weighted by atomic mass is 16.4. The first-order valence-corrected chi connectivity index (χ1v) is 7.66. The van der Waals surface area contributed by atoms with Gasteiger partial charge in [-0.3, -0.25) is 9.59 Å². The van der Waals surface area contributed by atoms with Crippen LogP contribution in [0.25, 0.3) is 0 Å². The van der Waals surface area contributed by atoms with Gasteiger partial charge in [-0.1, -0.05) is 13.5 Å². The fourth-order valence-electron chi connectivity index (χ4n) is 1.04. The smallest absolute Gasteiger partial charge is 0.330 e. The van der Waals surface area contributed by atoms with Crippen molar-refractivity contribution in [1.82, 2.24) is 0 Å². The highest BCUT2D eigenvalue weighted by Crippen LogP contribution is 2.18. The van der Waals surface area contributed by atoms with Crippen molar-refractivity contribution in [3.8, 4) is 0 Å². The highest BCUT2D eigenvalue weighted by molar-refractivity contribution is 5.84. The Morgan fingerprint density at radius 2 is 1.12 bits per heavy atom. The van der Waals surface area contributed by atoms with Crippen LogP contribution in [0.15, 0.2) is 12.2 Å². The van der Waals surface area contributed by atoms with Crippen molar-refractivity contribution in [3.63, 3.8) is 0 Å². The Morgan fingerprint density at radius 3 is 1.20 bits per heavy atom. The molecule has 0 fully saturated rings. The number of hydrogen-bond acceptors (Lipinski definition) is 6. The summed E-state index contributed by atoms with van der Waals surface area (Å²) in [6.45, 7) is 5.96. The molecule has 0 saturated carbocycles. The molecule has 9 nitrogen and oxygen atoms in total. The van der Waals surface area contributed by atoms with E-state index in [2.05, 4.69) is 6.58 Å². The SMILES string of the molecule is C=C(C)C(=O)O.CCC(CO)(CO)CO.O=C(O)CCCCC(=O)O. The number of hydrogen-bond donors (Lipinski definition) is 6. The molecule has 0 radical (unpaired) electrons. The Balaban J connectivity index is -0.000000300. The second-order valence-corrected chi connectivity index (χ2v) is 5.41. The Labute approximate surface area is 147 Å². The molecule has 148 valence electrons. The number of aliphatic hydroxyl groups excluding tert-OH is 3. The first-order valence-electron chi connectivity index (χ1n) is 7.66. The van der Waals surface area contributed by atoms with Crippen molar-refractivity contribution >= 4 is 17.9 Å². The van der Waals surface area contributed by atoms with Gasteiger partial charge in [-0.05, 0) is 26.2 Å². The lowest BCUT2D eigenvalue weighted by atomic mass is 9.88. The minimum Gasteiger partial charge on any atom is -0.481 e. The largest absolute Gasteiger partial charge is 0.481 e. The highest BCUT2D eigenvalue weighted by Gasteiger charge is 2.24. The van der Waals surface area contributed by atoms with Crippen LogP contribution in [-0.2, 0) is 14.4 Å². The Bertz CT molecular complexity index is 355. The van der Waals surface area contributed by atoms with E-state index in [9.17, 15) is 14.4 Å². The fourth-order valence-corrected chi connectivity index (χ4v) is 1.04. The molecular formula is C16H30O9. The van der Waals surface area contributed by atoms with E-state index in [0.717, 1.165) is 0 Å². The van der Waals surface area contributed by atoms with Gasteiger partial charge in [0.05, 0.1) is 19.8 Å². The lowest BCUT2D eigenvalue weighted by molar-refractivity contribution is -0.139. The topological polar surface area (TPSA) is 173 Å². The van der Waals surface area contributed by atoms with E-state index in [-0.39, 0.29) is 38.2 Å². The molecule has 0 heterocycles. The standard InChI is InChI=1S/C6H10O4.C6H14O3.C4H6O2/c7-5(8)3-1-2-4-6(9)10;1-2-6(3-7,4-8)5-9;1-3(2)4(5)6/h1-4H2,(H,7,8)(H,9,10);7-9H,2-5H2,1H3;1H2,2H3,(H,5,6). The molecule has 25 heavy (non-hydrogen) atoms. The van der Waals surface area contributed by atoms with Gasteiger partial charge < -0.3 is 30.6 Å². The molecule has 0 saturated heterocycles. The first kappa shape index (κ1) is 27.9. The van der Waals surface area contributed by atoms with Crippen LogP contribution < -0.4 is 0 Å². The molecule has 0 unspecified atom stereocenters. The number of carbonyl (C=O) groups is 3. The maximum Gasteiger partial charge on any atom is 0.330 e. The summed E-state index contributed by atoms with van der Waals surface area (Å²) in [4.78, 5) is 29.4. The maximum absolute atomic E-state index is 9.90. The molecule has 9 heteroatoms. The van der Waals surface area contributed by atoms with Crippen molar-refractivity contribution in [2.24, 2.45) is 5.41 Å². The molecule has 0 aliphatic heterocycles. The summed E-state index contributed by atoms with van der Waals surface area (Å²) < 4.78 is 0. The predicted molar refractivity (Wildman–Crippen MR) is 90.2 cm³/mol. The zero-order valence-corrected chi connectivity index (χ0v) is 14.8. The molecule has 0 atom stereocenters. The first-order chi connectivity index (χ1) is 11.5. The van der Waals surface area contributed by atoms with Crippen LogP contribution in [0.4, 0.5) is 0 Å². The lowest BCUT2D eigenvalue weighted by Crippen LogP contribution is -2.32. The van der Waals surface area contributed by atoms with Crippen molar-refractivity contribution in [3.05, 3.63) is 12.2 Å². The van der Waals surface area contributed by atoms with Crippen LogP contribution in [0.3, 0.4) is 0 Å². The molecule has 0 aliphatic carbocycles. The van der Waals surface area contributed by atoms with Gasteiger partial charge in [-0.2, -0.15) is 0 Å². The van der Waals surface area contributed by atoms with Gasteiger partial charge in [0, 0.05) is 23.8 Å². The minimum atomic E-state index is -0.935. The summed E-state index contributed by atoms with van der Waals surface area (Å²) in [5.41, 5.74) is -0.491. The van der Waals surface area contributed by atoms with Crippen LogP contribution in [0.2, 0.25) is 0 Å². The van der Waals surface area contributed by atoms with E-state index in [1.54, 1.807) is 0 Å². The minimum absolute atomic E-state index is 0.0628. The van der Waals surface area contributed by atoms with Gasteiger partial charge in [0.15, 0.2) is 0 Å². The third-order valence-corrected chi connectivity index (χ3v) is 3.15. The summed E-state index contributed by atoms with van der Waals surface area (Å²) in [5.74, 6) is -2.68. The number of carboxylic acid groups (broad SMARTS) is 3. The average molecular weight is 366 g/mol. The Hall–Kier alpha value is -1.97. The van der Waals surface area contributed by atoms with Crippen molar-refractivity contribution in [1.29, 1.82) is 0 Å². The second-order valence-electron chi connectivity index (χ2n) is 5.41. The van der Waals surface area contributed by atoms with Crippen LogP contribution in [0.1, 0.15) is 46.0 Å². The molecule has 0 bridgehead atoms. The molecule has 0 amide bonds. The van der Waals surface area contributed by atoms with Crippen molar-refractivity contribution in [2.45, 2.75) is 46.0 Å². The Kier molecular flexibility index (Phi) is 18.8. The van der Waals surface area contributed by atoms with Crippen LogP contribution in [-0.4, -0.2) is 68.4 Å². The molecule has 0 spiro atoms. The number of aliphatic hydroxyl groups is 3. The molecule has 0 aliphatic rings. The normalized spacial score (nSPS) is 9.80. The molecule has 0 aromatic rings. The summed E-state index contributed by atoms with van der Waals surface area (Å²) in [6.07, 6.45) is 1.61. The van der Waals surface area contributed by atoms with E-state index in [1.165, 1.54) is 6.92 Å². The van der Waals surface area contributed by atoms with Crippen molar-refractivity contribution in [2.75, 3.05) is 19.8 Å². The summed E-state index contributed by atoms with van der Waals surface area (Å²) in [6, 6.07) is 0. The molecule has 0 rings (SSSR count). The second kappa shape index (κ2) is 16.9. The summed E-state index contributed by atoms with van der Waals surface area (Å²) in [5, 5.41) is 50.1. The Morgan fingerprint density at radius 1 is 0.840 bits per heavy atom. The van der Waals surface area contributed by atoms with Crippen LogP contribution in [0, 0.1) is 5.41 Å². The van der Waals surface area contributed by atoms with Gasteiger partial charge >= 0.3 is 17.9 Å². The average Bonchev–Trinajstić information content (AvgIpc) is 2.55. The zero-order chi connectivity index (χ0) is 20.5. The van der Waals surface area contributed by atoms with E-state index in [4.69, 9.17) is 30.6 Å². The lowest BCUT2D eigenvalue weighted by Gasteiger charge is -2.24. The van der Waals surface area contributed by atoms with Gasteiger partial charge in [0.25, 0.3) is 0 Å². The predicted octanol–water partition coefficient (Wildman–Crippen LogP) is 0.723. The summed E-state index contributed by atoms with van der Waals surface area (Å²) >= 11 is 0. The van der Waals surface area contributed by atoms with Crippen LogP contribution >= 0.6 is 0 Å². The van der Waals surface area contributed by atoms with Gasteiger partial charge in [0.2, 0.25) is 0 Å². The zero-order valence-electron chi connectivity index (χ0n) is 14.8. The number of aliphatic carboxylic acids is 3. The van der Waals surface area contributed by atoms with Gasteiger partial charge in [-0.25, -0.2) is 4.79 Å². The molecule has 0 aromatic heterocycles. The van der Waals surface area contributed by atoms with Crippen LogP contribution in [0.5, 0.6) is 0 Å². The molecular weight excluding hydrogens is 336 g/mol. The number of carboxylic acids is 3. The maximum atomic E-state index is 9.90. The molecule has 6 N–H and O–H groups in total. The van der Waals surface area contributed by atoms with E-state index in [0.29, 0.717) is 19.3 Å². The van der Waals surface area contributed by atoms with E-state index < -0.39 is 23.3 Å². The van der Waals surface area contributed by atoms with Crippen molar-refractivity contribution < 1.29 is 45.0 Å². The third kappa shape index (κ3) is 20.0. The van der Waals surface area contributed by atoms with Gasteiger partial charge in [0.1, 0.15) is 0 Å². The number of rotatable bonds is 10. The third-order valence-electron chi connectivity index (χ3n) is 3.15. The van der Waals surface area contributed by atoms with Gasteiger partial charge in [-0.15, -0.1) is 0 Å². The van der Waals surface area contributed by atoms with E-state index >= 15 is 0 Å². The van der Waals surface area contributed by atoms with E-state index in [1.807, 2.05) is 6.92 Å². The number of unbranched alkanes of at least 4 members (excludes halogenated alkanes) is 1. The quantitative estimate of drug-likeness (QED) is 0.240. The molecule has 0 aromatic carbocycles. The summed E-state index contributed by atoms with van der Waals surface area (Å²) in [7, 11) is 0. The fraction of sp³-hybridized carbons (Fsp3) is 0.688. The monoisotopic (exact) mass is 366 g/mol.